The minimum atomic E-state index is -0.569. The van der Waals surface area contributed by atoms with Gasteiger partial charge in [-0.25, -0.2) is 0 Å². The Bertz CT molecular complexity index is 336. The largest absolute Gasteiger partial charge is 0.359 e. The van der Waals surface area contributed by atoms with E-state index < -0.39 is 5.41 Å². The monoisotopic (exact) mass is 283 g/mol. The Morgan fingerprint density at radius 3 is 2.65 bits per heavy atom. The molecule has 0 aromatic heterocycles. The molecule has 0 bridgehead atoms. The highest BCUT2D eigenvalue weighted by Crippen LogP contribution is 2.22. The van der Waals surface area contributed by atoms with Crippen molar-refractivity contribution in [3.63, 3.8) is 0 Å². The van der Waals surface area contributed by atoms with Crippen molar-refractivity contribution in [1.29, 1.82) is 0 Å². The maximum Gasteiger partial charge on any atom is 0.227 e. The highest BCUT2D eigenvalue weighted by atomic mass is 16.2. The van der Waals surface area contributed by atoms with E-state index in [0.717, 1.165) is 13.1 Å². The molecule has 5 nitrogen and oxygen atoms in total. The maximum atomic E-state index is 12.0. The van der Waals surface area contributed by atoms with E-state index in [9.17, 15) is 9.59 Å². The Balaban J connectivity index is 2.34. The van der Waals surface area contributed by atoms with Gasteiger partial charge < -0.3 is 16.0 Å². The van der Waals surface area contributed by atoms with Gasteiger partial charge in [0.2, 0.25) is 11.8 Å². The first-order valence-corrected chi connectivity index (χ1v) is 7.56. The second-order valence-corrected chi connectivity index (χ2v) is 6.53. The van der Waals surface area contributed by atoms with Gasteiger partial charge in [0.15, 0.2) is 0 Å². The Morgan fingerprint density at radius 2 is 2.10 bits per heavy atom. The first kappa shape index (κ1) is 17.0. The van der Waals surface area contributed by atoms with Gasteiger partial charge in [-0.3, -0.25) is 9.59 Å². The van der Waals surface area contributed by atoms with Gasteiger partial charge in [-0.2, -0.15) is 0 Å². The number of rotatable bonds is 6. The summed E-state index contributed by atoms with van der Waals surface area (Å²) in [5.41, 5.74) is -0.569. The van der Waals surface area contributed by atoms with E-state index in [0.29, 0.717) is 24.8 Å². The molecule has 0 saturated carbocycles. The Hall–Kier alpha value is -1.10. The molecule has 1 fully saturated rings. The van der Waals surface area contributed by atoms with E-state index in [1.54, 1.807) is 7.05 Å². The molecule has 1 aliphatic heterocycles. The minimum Gasteiger partial charge on any atom is -0.359 e. The Morgan fingerprint density at radius 1 is 1.40 bits per heavy atom. The molecule has 1 aliphatic rings. The van der Waals surface area contributed by atoms with E-state index >= 15 is 0 Å². The molecule has 1 saturated heterocycles. The van der Waals surface area contributed by atoms with Crippen LogP contribution in [0.5, 0.6) is 0 Å². The number of carbonyl (C=O) groups is 2. The van der Waals surface area contributed by atoms with Crippen LogP contribution in [0, 0.1) is 17.3 Å². The lowest BCUT2D eigenvalue weighted by molar-refractivity contribution is -0.129. The molecule has 2 unspecified atom stereocenters. The van der Waals surface area contributed by atoms with Gasteiger partial charge in [-0.1, -0.05) is 6.92 Å². The van der Waals surface area contributed by atoms with Crippen molar-refractivity contribution in [1.82, 2.24) is 16.0 Å². The van der Waals surface area contributed by atoms with Crippen LogP contribution in [0.2, 0.25) is 0 Å². The van der Waals surface area contributed by atoms with Crippen molar-refractivity contribution in [2.75, 3.05) is 26.7 Å². The summed E-state index contributed by atoms with van der Waals surface area (Å²) in [6.45, 7) is 8.29. The average molecular weight is 283 g/mol. The summed E-state index contributed by atoms with van der Waals surface area (Å²) in [6.07, 6.45) is 2.93. The zero-order chi connectivity index (χ0) is 15.2. The summed E-state index contributed by atoms with van der Waals surface area (Å²) in [7, 11) is 1.62. The van der Waals surface area contributed by atoms with Gasteiger partial charge in [0.1, 0.15) is 0 Å². The molecule has 5 heteroatoms. The molecule has 2 atom stereocenters. The lowest BCUT2D eigenvalue weighted by Gasteiger charge is -2.28. The third-order valence-electron chi connectivity index (χ3n) is 4.22. The van der Waals surface area contributed by atoms with Crippen LogP contribution in [0.1, 0.15) is 40.0 Å². The Labute approximate surface area is 122 Å². The van der Waals surface area contributed by atoms with Gasteiger partial charge in [-0.15, -0.1) is 0 Å². The van der Waals surface area contributed by atoms with Crippen molar-refractivity contribution < 1.29 is 9.59 Å². The SMILES string of the molecule is CNC(=O)C(C)(C)CNC(=O)CC(C)C1CCCNC1. The van der Waals surface area contributed by atoms with E-state index in [2.05, 4.69) is 22.9 Å². The van der Waals surface area contributed by atoms with Crippen molar-refractivity contribution in [2.45, 2.75) is 40.0 Å². The maximum absolute atomic E-state index is 12.0. The number of carbonyl (C=O) groups excluding carboxylic acids is 2. The molecule has 0 aromatic rings. The van der Waals surface area contributed by atoms with E-state index in [4.69, 9.17) is 0 Å². The average Bonchev–Trinajstić information content (AvgIpc) is 2.45. The predicted octanol–water partition coefficient (Wildman–Crippen LogP) is 0.901. The molecule has 1 rings (SSSR count). The number of hydrogen-bond acceptors (Lipinski definition) is 3. The summed E-state index contributed by atoms with van der Waals surface area (Å²) in [4.78, 5) is 23.6. The zero-order valence-corrected chi connectivity index (χ0v) is 13.2. The molecule has 0 aliphatic carbocycles. The normalized spacial score (nSPS) is 21.1. The summed E-state index contributed by atoms with van der Waals surface area (Å²) in [5, 5.41) is 8.89. The highest BCUT2D eigenvalue weighted by Gasteiger charge is 2.28. The van der Waals surface area contributed by atoms with Crippen LogP contribution in [-0.4, -0.2) is 38.5 Å². The summed E-state index contributed by atoms with van der Waals surface area (Å²) in [5.74, 6) is 0.953. The minimum absolute atomic E-state index is 0.0417. The molecule has 0 aromatic carbocycles. The topological polar surface area (TPSA) is 70.2 Å². The zero-order valence-electron chi connectivity index (χ0n) is 13.2. The van der Waals surface area contributed by atoms with Gasteiger partial charge in [0, 0.05) is 20.0 Å². The smallest absolute Gasteiger partial charge is 0.227 e. The predicted molar refractivity (Wildman–Crippen MR) is 80.2 cm³/mol. The summed E-state index contributed by atoms with van der Waals surface area (Å²) >= 11 is 0. The van der Waals surface area contributed by atoms with Gasteiger partial charge >= 0.3 is 0 Å². The van der Waals surface area contributed by atoms with Crippen molar-refractivity contribution in [2.24, 2.45) is 17.3 Å². The van der Waals surface area contributed by atoms with E-state index in [1.165, 1.54) is 12.8 Å². The van der Waals surface area contributed by atoms with Crippen LogP contribution < -0.4 is 16.0 Å². The fourth-order valence-electron chi connectivity index (χ4n) is 2.63. The Kier molecular flexibility index (Phi) is 6.46. The fourth-order valence-corrected chi connectivity index (χ4v) is 2.63. The lowest BCUT2D eigenvalue weighted by Crippen LogP contribution is -2.44. The van der Waals surface area contributed by atoms with Gasteiger partial charge in [0.05, 0.1) is 5.41 Å². The van der Waals surface area contributed by atoms with Crippen LogP contribution in [0.3, 0.4) is 0 Å². The molecule has 3 N–H and O–H groups in total. The molecule has 116 valence electrons. The second kappa shape index (κ2) is 7.62. The first-order valence-electron chi connectivity index (χ1n) is 7.56. The van der Waals surface area contributed by atoms with Crippen LogP contribution >= 0.6 is 0 Å². The highest BCUT2D eigenvalue weighted by molar-refractivity contribution is 5.83. The third kappa shape index (κ3) is 5.12. The molecule has 2 amide bonds. The number of hydrogen-bond donors (Lipinski definition) is 3. The van der Waals surface area contributed by atoms with Gasteiger partial charge in [-0.05, 0) is 51.6 Å². The van der Waals surface area contributed by atoms with E-state index in [-0.39, 0.29) is 11.8 Å². The summed E-state index contributed by atoms with van der Waals surface area (Å²) < 4.78 is 0. The second-order valence-electron chi connectivity index (χ2n) is 6.53. The van der Waals surface area contributed by atoms with Crippen molar-refractivity contribution in [3.8, 4) is 0 Å². The standard InChI is InChI=1S/C15H29N3O2/c1-11(12-6-5-7-17-9-12)8-13(19)18-10-15(2,3)14(20)16-4/h11-12,17H,5-10H2,1-4H3,(H,16,20)(H,18,19). The van der Waals surface area contributed by atoms with Crippen molar-refractivity contribution in [3.05, 3.63) is 0 Å². The molecule has 0 radical (unpaired) electrons. The lowest BCUT2D eigenvalue weighted by atomic mass is 9.85. The fraction of sp³-hybridized carbons (Fsp3) is 0.867. The molecule has 0 spiro atoms. The molecule has 20 heavy (non-hydrogen) atoms. The molecule has 1 heterocycles. The number of amides is 2. The van der Waals surface area contributed by atoms with Gasteiger partial charge in [0.25, 0.3) is 0 Å². The van der Waals surface area contributed by atoms with E-state index in [1.807, 2.05) is 13.8 Å². The summed E-state index contributed by atoms with van der Waals surface area (Å²) in [6, 6.07) is 0. The van der Waals surface area contributed by atoms with Crippen LogP contribution in [0.25, 0.3) is 0 Å². The van der Waals surface area contributed by atoms with Crippen molar-refractivity contribution >= 4 is 11.8 Å². The third-order valence-corrected chi connectivity index (χ3v) is 4.22. The van der Waals surface area contributed by atoms with Crippen LogP contribution in [0.15, 0.2) is 0 Å². The quantitative estimate of drug-likeness (QED) is 0.678. The first-order chi connectivity index (χ1) is 9.36. The van der Waals surface area contributed by atoms with Crippen LogP contribution in [0.4, 0.5) is 0 Å². The number of nitrogens with one attached hydrogen (secondary N) is 3. The van der Waals surface area contributed by atoms with Crippen LogP contribution in [-0.2, 0) is 9.59 Å². The molecular formula is C15H29N3O2. The number of piperidine rings is 1. The molecular weight excluding hydrogens is 254 g/mol.